The summed E-state index contributed by atoms with van der Waals surface area (Å²) in [5.74, 6) is 0.246. The molecule has 0 aliphatic heterocycles. The summed E-state index contributed by atoms with van der Waals surface area (Å²) in [6.07, 6.45) is 6.85. The van der Waals surface area contributed by atoms with Gasteiger partial charge in [-0.25, -0.2) is 4.98 Å². The van der Waals surface area contributed by atoms with Crippen molar-refractivity contribution in [1.82, 2.24) is 14.9 Å². The van der Waals surface area contributed by atoms with Crippen LogP contribution >= 0.6 is 23.1 Å². The van der Waals surface area contributed by atoms with Crippen LogP contribution in [0.15, 0.2) is 22.6 Å². The van der Waals surface area contributed by atoms with Gasteiger partial charge in [0.2, 0.25) is 5.91 Å². The molecule has 0 unspecified atom stereocenters. The normalized spacial score (nSPS) is 13.2. The summed E-state index contributed by atoms with van der Waals surface area (Å²) in [7, 11) is 0. The molecule has 0 atom stereocenters. The SMILES string of the molecule is C=CCn1c(SCC(=O)NCCCC)nc2sc3c(c2c1=O)CCC3. The average molecular weight is 378 g/mol. The molecule has 1 N–H and O–H groups in total. The molecule has 0 spiro atoms. The second-order valence-electron chi connectivity index (χ2n) is 6.13. The van der Waals surface area contributed by atoms with Gasteiger partial charge in [-0.15, -0.1) is 17.9 Å². The Kier molecular flexibility index (Phi) is 5.96. The van der Waals surface area contributed by atoms with Crippen LogP contribution in [0.1, 0.15) is 36.6 Å². The van der Waals surface area contributed by atoms with Crippen LogP contribution in [0.5, 0.6) is 0 Å². The highest BCUT2D eigenvalue weighted by Gasteiger charge is 2.23. The van der Waals surface area contributed by atoms with E-state index in [1.54, 1.807) is 22.0 Å². The second kappa shape index (κ2) is 8.19. The van der Waals surface area contributed by atoms with Gasteiger partial charge in [0.15, 0.2) is 5.16 Å². The maximum Gasteiger partial charge on any atom is 0.263 e. The smallest absolute Gasteiger partial charge is 0.263 e. The first-order valence-electron chi connectivity index (χ1n) is 8.71. The fourth-order valence-corrected chi connectivity index (χ4v) is 5.19. The number of carbonyl (C=O) groups is 1. The van der Waals surface area contributed by atoms with E-state index in [0.29, 0.717) is 18.2 Å². The number of unbranched alkanes of at least 4 members (excludes halogenated alkanes) is 1. The number of hydrogen-bond acceptors (Lipinski definition) is 5. The van der Waals surface area contributed by atoms with Gasteiger partial charge >= 0.3 is 0 Å². The summed E-state index contributed by atoms with van der Waals surface area (Å²) in [5.41, 5.74) is 1.18. The number of aromatic nitrogens is 2. The summed E-state index contributed by atoms with van der Waals surface area (Å²) in [4.78, 5) is 31.7. The first-order valence-corrected chi connectivity index (χ1v) is 10.5. The third-order valence-electron chi connectivity index (χ3n) is 4.29. The van der Waals surface area contributed by atoms with Crippen LogP contribution in [-0.4, -0.2) is 27.8 Å². The minimum atomic E-state index is -0.0216. The van der Waals surface area contributed by atoms with Gasteiger partial charge in [-0.3, -0.25) is 14.2 Å². The fourth-order valence-electron chi connectivity index (χ4n) is 3.04. The van der Waals surface area contributed by atoms with E-state index in [1.165, 1.54) is 22.2 Å². The summed E-state index contributed by atoms with van der Waals surface area (Å²) in [5, 5.41) is 4.27. The average Bonchev–Trinajstić information content (AvgIpc) is 3.16. The number of rotatable bonds is 8. The molecule has 3 rings (SSSR count). The highest BCUT2D eigenvalue weighted by molar-refractivity contribution is 7.99. The Morgan fingerprint density at radius 2 is 2.32 bits per heavy atom. The number of aryl methyl sites for hydroxylation is 2. The van der Waals surface area contributed by atoms with Crippen LogP contribution in [0.2, 0.25) is 0 Å². The van der Waals surface area contributed by atoms with Gasteiger partial charge in [-0.05, 0) is 31.2 Å². The van der Waals surface area contributed by atoms with Gasteiger partial charge in [0.05, 0.1) is 11.1 Å². The predicted octanol–water partition coefficient (Wildman–Crippen LogP) is 3.14. The molecule has 0 aromatic carbocycles. The zero-order chi connectivity index (χ0) is 17.8. The van der Waals surface area contributed by atoms with Crippen LogP contribution in [0, 0.1) is 0 Å². The minimum absolute atomic E-state index is 0.00167. The molecule has 2 aromatic rings. The molecule has 1 aliphatic rings. The summed E-state index contributed by atoms with van der Waals surface area (Å²) >= 11 is 2.95. The molecule has 0 saturated heterocycles. The van der Waals surface area contributed by atoms with Gasteiger partial charge in [-0.2, -0.15) is 0 Å². The van der Waals surface area contributed by atoms with Gasteiger partial charge in [0.25, 0.3) is 5.56 Å². The first kappa shape index (κ1) is 18.2. The molecular formula is C18H23N3O2S2. The van der Waals surface area contributed by atoms with Gasteiger partial charge < -0.3 is 5.32 Å². The summed E-state index contributed by atoms with van der Waals surface area (Å²) < 4.78 is 1.64. The van der Waals surface area contributed by atoms with E-state index in [2.05, 4.69) is 18.8 Å². The summed E-state index contributed by atoms with van der Waals surface area (Å²) in [6.45, 7) is 6.94. The lowest BCUT2D eigenvalue weighted by atomic mass is 10.2. The quantitative estimate of drug-likeness (QED) is 0.332. The third kappa shape index (κ3) is 3.82. The monoisotopic (exact) mass is 377 g/mol. The first-order chi connectivity index (χ1) is 12.2. The van der Waals surface area contributed by atoms with Crippen LogP contribution in [0.25, 0.3) is 10.2 Å². The van der Waals surface area contributed by atoms with Crippen LogP contribution in [0.3, 0.4) is 0 Å². The Morgan fingerprint density at radius 1 is 1.48 bits per heavy atom. The highest BCUT2D eigenvalue weighted by atomic mass is 32.2. The fraction of sp³-hybridized carbons (Fsp3) is 0.500. The number of carbonyl (C=O) groups excluding carboxylic acids is 1. The Morgan fingerprint density at radius 3 is 3.08 bits per heavy atom. The molecule has 7 heteroatoms. The maximum absolute atomic E-state index is 13.0. The Labute approximate surface area is 155 Å². The van der Waals surface area contributed by atoms with E-state index >= 15 is 0 Å². The lowest BCUT2D eigenvalue weighted by molar-refractivity contribution is -0.118. The third-order valence-corrected chi connectivity index (χ3v) is 6.45. The van der Waals surface area contributed by atoms with Crippen molar-refractivity contribution < 1.29 is 4.79 Å². The van der Waals surface area contributed by atoms with Crippen molar-refractivity contribution in [1.29, 1.82) is 0 Å². The molecule has 2 heterocycles. The molecule has 0 fully saturated rings. The lowest BCUT2D eigenvalue weighted by Gasteiger charge is -2.10. The van der Waals surface area contributed by atoms with Crippen molar-refractivity contribution in [3.8, 4) is 0 Å². The van der Waals surface area contributed by atoms with Crippen molar-refractivity contribution in [2.75, 3.05) is 12.3 Å². The molecule has 5 nitrogen and oxygen atoms in total. The molecule has 0 radical (unpaired) electrons. The van der Waals surface area contributed by atoms with Gasteiger partial charge in [0, 0.05) is 18.0 Å². The van der Waals surface area contributed by atoms with Crippen molar-refractivity contribution >= 4 is 39.2 Å². The van der Waals surface area contributed by atoms with E-state index in [1.807, 2.05) is 0 Å². The molecule has 1 aliphatic carbocycles. The number of allylic oxidation sites excluding steroid dienone is 1. The summed E-state index contributed by atoms with van der Waals surface area (Å²) in [6, 6.07) is 0. The zero-order valence-corrected chi connectivity index (χ0v) is 16.1. The molecule has 0 bridgehead atoms. The molecule has 25 heavy (non-hydrogen) atoms. The van der Waals surface area contributed by atoms with E-state index in [9.17, 15) is 9.59 Å². The molecule has 1 amide bonds. The minimum Gasteiger partial charge on any atom is -0.355 e. The predicted molar refractivity (Wildman–Crippen MR) is 105 cm³/mol. The standard InChI is InChI=1S/C18H23N3O2S2/c1-3-5-9-19-14(22)11-24-18-20-16-15(17(23)21(18)10-4-2)12-7-6-8-13(12)25-16/h4H,2-3,5-11H2,1H3,(H,19,22). The van der Waals surface area contributed by atoms with E-state index in [-0.39, 0.29) is 17.2 Å². The van der Waals surface area contributed by atoms with Crippen LogP contribution in [-0.2, 0) is 24.2 Å². The van der Waals surface area contributed by atoms with Crippen molar-refractivity contribution in [2.24, 2.45) is 0 Å². The van der Waals surface area contributed by atoms with Gasteiger partial charge in [0.1, 0.15) is 4.83 Å². The largest absolute Gasteiger partial charge is 0.355 e. The Balaban J connectivity index is 1.87. The van der Waals surface area contributed by atoms with Crippen LogP contribution in [0.4, 0.5) is 0 Å². The Bertz CT molecular complexity index is 854. The van der Waals surface area contributed by atoms with E-state index in [0.717, 1.165) is 42.3 Å². The Hall–Kier alpha value is -1.60. The molecular weight excluding hydrogens is 354 g/mol. The topological polar surface area (TPSA) is 64.0 Å². The number of hydrogen-bond donors (Lipinski definition) is 1. The molecule has 0 saturated carbocycles. The number of fused-ring (bicyclic) bond motifs is 3. The number of amides is 1. The van der Waals surface area contributed by atoms with E-state index in [4.69, 9.17) is 4.98 Å². The lowest BCUT2D eigenvalue weighted by Crippen LogP contribution is -2.27. The van der Waals surface area contributed by atoms with Crippen molar-refractivity contribution in [3.05, 3.63) is 33.4 Å². The number of thiophene rings is 1. The number of nitrogens with one attached hydrogen (secondary N) is 1. The molecule has 2 aromatic heterocycles. The van der Waals surface area contributed by atoms with Crippen LogP contribution < -0.4 is 10.9 Å². The van der Waals surface area contributed by atoms with E-state index < -0.39 is 0 Å². The maximum atomic E-state index is 13.0. The van der Waals surface area contributed by atoms with Crippen molar-refractivity contribution in [3.63, 3.8) is 0 Å². The second-order valence-corrected chi connectivity index (χ2v) is 8.15. The number of thioether (sulfide) groups is 1. The van der Waals surface area contributed by atoms with Crippen molar-refractivity contribution in [2.45, 2.75) is 50.7 Å². The van der Waals surface area contributed by atoms with Gasteiger partial charge in [-0.1, -0.05) is 31.2 Å². The zero-order valence-electron chi connectivity index (χ0n) is 14.5. The number of nitrogens with zero attached hydrogens (tertiary/aromatic N) is 2. The highest BCUT2D eigenvalue weighted by Crippen LogP contribution is 2.35. The molecule has 134 valence electrons.